The van der Waals surface area contributed by atoms with Gasteiger partial charge in [0.25, 0.3) is 0 Å². The second-order valence-electron chi connectivity index (χ2n) is 18.1. The first kappa shape index (κ1) is 41.0. The van der Waals surface area contributed by atoms with Gasteiger partial charge in [0.15, 0.2) is 5.82 Å². The van der Waals surface area contributed by atoms with Gasteiger partial charge in [-0.05, 0) is 124 Å². The van der Waals surface area contributed by atoms with Gasteiger partial charge in [-0.2, -0.15) is 0 Å². The van der Waals surface area contributed by atoms with Crippen molar-refractivity contribution >= 4 is 43.2 Å². The molecule has 0 saturated heterocycles. The van der Waals surface area contributed by atoms with Crippen LogP contribution in [-0.2, 0) is 0 Å². The number of nitrogens with zero attached hydrogens (tertiary/aromatic N) is 2. The molecule has 326 valence electrons. The SMILES string of the molecule is c1cc(-c2ccc(-c3nc(-c4ccc(-c5cccc(-c6cccc(-c7cccc8ccccc78)c6)c5)cc4)c4ccc5ccccc5c4n3)cc2)cc(-c2cccc(-c3cccc4ccccc34)c2)c1. The Labute approximate surface area is 407 Å². The van der Waals surface area contributed by atoms with Gasteiger partial charge in [0.1, 0.15) is 0 Å². The van der Waals surface area contributed by atoms with Crippen molar-refractivity contribution in [2.75, 3.05) is 0 Å². The highest BCUT2D eigenvalue weighted by molar-refractivity contribution is 6.10. The normalized spacial score (nSPS) is 11.4. The van der Waals surface area contributed by atoms with Crippen molar-refractivity contribution in [1.29, 1.82) is 0 Å². The third-order valence-electron chi connectivity index (χ3n) is 13.9. The van der Waals surface area contributed by atoms with Gasteiger partial charge in [0.2, 0.25) is 0 Å². The summed E-state index contributed by atoms with van der Waals surface area (Å²) in [5, 5.41) is 8.32. The van der Waals surface area contributed by atoms with Crippen LogP contribution in [0.1, 0.15) is 0 Å². The standard InChI is InChI=1S/C68H44N2/c1-4-26-60-47(13-1)16-11-29-62(60)58-24-9-22-56(43-58)54-20-7-18-52(41-54)45-31-35-50(36-32-45)66-65-40-39-49-15-3-6-28-64(49)67(65)70-68(69-66)51-37-33-46(34-38-51)53-19-8-21-55(42-53)57-23-10-25-59(44-57)63-30-12-17-48-14-2-5-27-61(48)63/h1-44H. The predicted molar refractivity (Wildman–Crippen MR) is 296 cm³/mol. The molecule has 70 heavy (non-hydrogen) atoms. The molecule has 2 nitrogen and oxygen atoms in total. The number of fused-ring (bicyclic) bond motifs is 5. The van der Waals surface area contributed by atoms with Crippen LogP contribution in [0.4, 0.5) is 0 Å². The Morgan fingerprint density at radius 1 is 0.200 bits per heavy atom. The predicted octanol–water partition coefficient (Wildman–Crippen LogP) is 18.4. The zero-order chi connectivity index (χ0) is 46.4. The molecule has 0 aliphatic heterocycles. The average Bonchev–Trinajstić information content (AvgIpc) is 3.44. The lowest BCUT2D eigenvalue weighted by Gasteiger charge is -2.13. The maximum Gasteiger partial charge on any atom is 0.160 e. The highest BCUT2D eigenvalue weighted by Gasteiger charge is 2.16. The second-order valence-corrected chi connectivity index (χ2v) is 18.1. The number of hydrogen-bond acceptors (Lipinski definition) is 2. The number of hydrogen-bond donors (Lipinski definition) is 0. The summed E-state index contributed by atoms with van der Waals surface area (Å²) in [6.45, 7) is 0. The largest absolute Gasteiger partial charge is 0.227 e. The molecule has 0 atom stereocenters. The molecule has 0 fully saturated rings. The lowest BCUT2D eigenvalue weighted by atomic mass is 9.93. The van der Waals surface area contributed by atoms with Crippen LogP contribution >= 0.6 is 0 Å². The van der Waals surface area contributed by atoms with E-state index in [1.807, 2.05) is 0 Å². The minimum Gasteiger partial charge on any atom is -0.227 e. The first-order valence-corrected chi connectivity index (χ1v) is 24.0. The molecule has 0 aliphatic carbocycles. The minimum absolute atomic E-state index is 0.701. The summed E-state index contributed by atoms with van der Waals surface area (Å²) in [7, 11) is 0. The first-order valence-electron chi connectivity index (χ1n) is 24.0. The quantitative estimate of drug-likeness (QED) is 0.142. The van der Waals surface area contributed by atoms with E-state index in [1.165, 1.54) is 71.6 Å². The highest BCUT2D eigenvalue weighted by atomic mass is 14.9. The van der Waals surface area contributed by atoms with Gasteiger partial charge in [0, 0.05) is 21.9 Å². The van der Waals surface area contributed by atoms with Gasteiger partial charge in [-0.1, -0.05) is 237 Å². The van der Waals surface area contributed by atoms with Gasteiger partial charge >= 0.3 is 0 Å². The molecule has 13 rings (SSSR count). The van der Waals surface area contributed by atoms with Crippen LogP contribution in [0, 0.1) is 0 Å². The summed E-state index contributed by atoms with van der Waals surface area (Å²) in [6, 6.07) is 96.2. The summed E-state index contributed by atoms with van der Waals surface area (Å²) in [5.41, 5.74) is 18.1. The monoisotopic (exact) mass is 888 g/mol. The third-order valence-corrected chi connectivity index (χ3v) is 13.9. The smallest absolute Gasteiger partial charge is 0.160 e. The van der Waals surface area contributed by atoms with Crippen molar-refractivity contribution in [2.45, 2.75) is 0 Å². The number of rotatable bonds is 8. The molecule has 0 radical (unpaired) electrons. The lowest BCUT2D eigenvalue weighted by Crippen LogP contribution is -1.96. The minimum atomic E-state index is 0.701. The molecule has 1 heterocycles. The summed E-state index contributed by atoms with van der Waals surface area (Å²) in [5.74, 6) is 0.701. The Morgan fingerprint density at radius 2 is 0.557 bits per heavy atom. The highest BCUT2D eigenvalue weighted by Crippen LogP contribution is 2.38. The second kappa shape index (κ2) is 17.4. The van der Waals surface area contributed by atoms with Crippen LogP contribution in [0.3, 0.4) is 0 Å². The molecule has 0 bridgehead atoms. The van der Waals surface area contributed by atoms with Crippen molar-refractivity contribution in [3.63, 3.8) is 0 Å². The Bertz CT molecular complexity index is 4100. The Balaban J connectivity index is 0.818. The molecule has 0 amide bonds. The Morgan fingerprint density at radius 3 is 1.06 bits per heavy atom. The van der Waals surface area contributed by atoms with Gasteiger partial charge in [-0.15, -0.1) is 0 Å². The molecule has 0 saturated carbocycles. The topological polar surface area (TPSA) is 25.8 Å². The summed E-state index contributed by atoms with van der Waals surface area (Å²) in [4.78, 5) is 10.7. The zero-order valence-electron chi connectivity index (χ0n) is 38.3. The van der Waals surface area contributed by atoms with Crippen molar-refractivity contribution < 1.29 is 0 Å². The van der Waals surface area contributed by atoms with E-state index in [9.17, 15) is 0 Å². The van der Waals surface area contributed by atoms with Crippen LogP contribution in [0.15, 0.2) is 267 Å². The van der Waals surface area contributed by atoms with E-state index in [1.54, 1.807) is 0 Å². The molecule has 0 aliphatic rings. The Hall–Kier alpha value is -9.24. The van der Waals surface area contributed by atoms with E-state index >= 15 is 0 Å². The zero-order valence-corrected chi connectivity index (χ0v) is 38.3. The maximum absolute atomic E-state index is 5.35. The van der Waals surface area contributed by atoms with Crippen molar-refractivity contribution in [1.82, 2.24) is 9.97 Å². The van der Waals surface area contributed by atoms with E-state index < -0.39 is 0 Å². The van der Waals surface area contributed by atoms with Gasteiger partial charge in [-0.3, -0.25) is 0 Å². The lowest BCUT2D eigenvalue weighted by molar-refractivity contribution is 1.23. The van der Waals surface area contributed by atoms with Crippen molar-refractivity contribution in [3.8, 4) is 89.4 Å². The summed E-state index contributed by atoms with van der Waals surface area (Å²) in [6.07, 6.45) is 0. The Kier molecular flexibility index (Phi) is 10.2. The van der Waals surface area contributed by atoms with Crippen molar-refractivity contribution in [3.05, 3.63) is 267 Å². The molecule has 0 unspecified atom stereocenters. The molecule has 2 heteroatoms. The number of aromatic nitrogens is 2. The van der Waals surface area contributed by atoms with Crippen LogP contribution < -0.4 is 0 Å². The van der Waals surface area contributed by atoms with Crippen LogP contribution in [0.5, 0.6) is 0 Å². The molecule has 13 aromatic rings. The van der Waals surface area contributed by atoms with E-state index in [-0.39, 0.29) is 0 Å². The summed E-state index contributed by atoms with van der Waals surface area (Å²) >= 11 is 0. The molecular weight excluding hydrogens is 845 g/mol. The average molecular weight is 889 g/mol. The first-order chi connectivity index (χ1) is 34.7. The van der Waals surface area contributed by atoms with E-state index in [2.05, 4.69) is 267 Å². The molecule has 12 aromatic carbocycles. The summed E-state index contributed by atoms with van der Waals surface area (Å²) < 4.78 is 0. The fraction of sp³-hybridized carbons (Fsp3) is 0. The van der Waals surface area contributed by atoms with Crippen LogP contribution in [-0.4, -0.2) is 9.97 Å². The fourth-order valence-corrected chi connectivity index (χ4v) is 10.3. The van der Waals surface area contributed by atoms with E-state index in [4.69, 9.17) is 9.97 Å². The molecular formula is C68H44N2. The van der Waals surface area contributed by atoms with Crippen LogP contribution in [0.2, 0.25) is 0 Å². The maximum atomic E-state index is 5.35. The molecule has 1 aromatic heterocycles. The van der Waals surface area contributed by atoms with Gasteiger partial charge in [-0.25, -0.2) is 9.97 Å². The number of benzene rings is 12. The van der Waals surface area contributed by atoms with E-state index in [0.717, 1.165) is 55.2 Å². The third kappa shape index (κ3) is 7.59. The van der Waals surface area contributed by atoms with Crippen molar-refractivity contribution in [2.24, 2.45) is 0 Å². The molecule has 0 spiro atoms. The molecule has 0 N–H and O–H groups in total. The van der Waals surface area contributed by atoms with Crippen LogP contribution in [0.25, 0.3) is 133 Å². The van der Waals surface area contributed by atoms with Gasteiger partial charge < -0.3 is 0 Å². The fourth-order valence-electron chi connectivity index (χ4n) is 10.3. The van der Waals surface area contributed by atoms with E-state index in [0.29, 0.717) is 5.82 Å². The van der Waals surface area contributed by atoms with Gasteiger partial charge in [0.05, 0.1) is 11.2 Å².